The minimum absolute atomic E-state index is 0.0295. The van der Waals surface area contributed by atoms with Crippen LogP contribution in [0.25, 0.3) is 0 Å². The first-order chi connectivity index (χ1) is 12.0. The normalized spacial score (nSPS) is 13.2. The zero-order valence-corrected chi connectivity index (χ0v) is 15.4. The van der Waals surface area contributed by atoms with Gasteiger partial charge in [-0.1, -0.05) is 6.07 Å². The van der Waals surface area contributed by atoms with Crippen LogP contribution in [0.4, 0.5) is 0 Å². The Morgan fingerprint density at radius 2 is 2.00 bits per heavy atom. The molecule has 0 spiro atoms. The highest BCUT2D eigenvalue weighted by Gasteiger charge is 2.21. The lowest BCUT2D eigenvalue weighted by Crippen LogP contribution is -2.41. The van der Waals surface area contributed by atoms with Crippen LogP contribution in [-0.4, -0.2) is 43.0 Å². The summed E-state index contributed by atoms with van der Waals surface area (Å²) >= 11 is 0. The average Bonchev–Trinajstić information content (AvgIpc) is 3.01. The van der Waals surface area contributed by atoms with Crippen molar-refractivity contribution in [2.24, 2.45) is 7.05 Å². The van der Waals surface area contributed by atoms with Gasteiger partial charge in [-0.3, -0.25) is 9.48 Å². The van der Waals surface area contributed by atoms with Gasteiger partial charge in [-0.2, -0.15) is 5.10 Å². The van der Waals surface area contributed by atoms with E-state index < -0.39 is 6.04 Å². The number of likely N-dealkylation sites (N-methyl/N-ethyl adjacent to an activating group) is 1. The van der Waals surface area contributed by atoms with Gasteiger partial charge in [0.2, 0.25) is 5.91 Å². The van der Waals surface area contributed by atoms with E-state index in [1.807, 2.05) is 38.4 Å². The lowest BCUT2D eigenvalue weighted by Gasteiger charge is -2.19. The molecule has 0 radical (unpaired) electrons. The molecule has 1 amide bonds. The maximum absolute atomic E-state index is 12.6. The third kappa shape index (κ3) is 4.73. The molecule has 25 heavy (non-hydrogen) atoms. The van der Waals surface area contributed by atoms with Gasteiger partial charge in [0.25, 0.3) is 0 Å². The van der Waals surface area contributed by atoms with Crippen molar-refractivity contribution >= 4 is 5.91 Å². The van der Waals surface area contributed by atoms with Crippen LogP contribution >= 0.6 is 0 Å². The van der Waals surface area contributed by atoms with Crippen LogP contribution in [0.15, 0.2) is 30.6 Å². The molecule has 136 valence electrons. The number of amides is 1. The molecule has 7 heteroatoms. The van der Waals surface area contributed by atoms with Gasteiger partial charge in [-0.25, -0.2) is 0 Å². The van der Waals surface area contributed by atoms with Gasteiger partial charge in [0.1, 0.15) is 6.04 Å². The van der Waals surface area contributed by atoms with Crippen molar-refractivity contribution in [1.82, 2.24) is 20.4 Å². The lowest BCUT2D eigenvalue weighted by atomic mass is 10.1. The third-order valence-corrected chi connectivity index (χ3v) is 3.99. The fourth-order valence-corrected chi connectivity index (χ4v) is 2.78. The van der Waals surface area contributed by atoms with Gasteiger partial charge in [0, 0.05) is 24.8 Å². The van der Waals surface area contributed by atoms with E-state index >= 15 is 0 Å². The molecule has 0 bridgehead atoms. The fraction of sp³-hybridized carbons (Fsp3) is 0.444. The summed E-state index contributed by atoms with van der Waals surface area (Å²) in [5.74, 6) is 1.29. The number of hydrogen-bond acceptors (Lipinski definition) is 5. The molecule has 0 saturated carbocycles. The number of hydrogen-bond donors (Lipinski definition) is 2. The summed E-state index contributed by atoms with van der Waals surface area (Å²) < 4.78 is 12.3. The first-order valence-corrected chi connectivity index (χ1v) is 8.15. The van der Waals surface area contributed by atoms with Crippen molar-refractivity contribution in [3.05, 3.63) is 41.7 Å². The minimum Gasteiger partial charge on any atom is -0.493 e. The van der Waals surface area contributed by atoms with Gasteiger partial charge in [0.15, 0.2) is 11.5 Å². The van der Waals surface area contributed by atoms with Crippen LogP contribution in [0.3, 0.4) is 0 Å². The van der Waals surface area contributed by atoms with Crippen LogP contribution in [0.5, 0.6) is 11.5 Å². The number of nitrogens with one attached hydrogen (secondary N) is 2. The molecule has 1 heterocycles. The molecule has 1 aromatic carbocycles. The van der Waals surface area contributed by atoms with Crippen molar-refractivity contribution in [1.29, 1.82) is 0 Å². The lowest BCUT2D eigenvalue weighted by molar-refractivity contribution is -0.123. The van der Waals surface area contributed by atoms with Crippen LogP contribution in [0, 0.1) is 0 Å². The molecule has 0 aliphatic rings. The minimum atomic E-state index is -0.429. The van der Waals surface area contributed by atoms with Crippen LogP contribution in [0.1, 0.15) is 24.1 Å². The average molecular weight is 346 g/mol. The highest BCUT2D eigenvalue weighted by Crippen LogP contribution is 2.28. The summed E-state index contributed by atoms with van der Waals surface area (Å²) in [6.45, 7) is 1.98. The number of carbonyl (C=O) groups excluding carboxylic acids is 1. The van der Waals surface area contributed by atoms with Crippen LogP contribution in [0.2, 0.25) is 0 Å². The predicted octanol–water partition coefficient (Wildman–Crippen LogP) is 1.45. The summed E-state index contributed by atoms with van der Waals surface area (Å²) in [7, 11) is 6.80. The van der Waals surface area contributed by atoms with Crippen molar-refractivity contribution in [2.45, 2.75) is 25.4 Å². The van der Waals surface area contributed by atoms with Gasteiger partial charge < -0.3 is 20.1 Å². The molecule has 2 unspecified atom stereocenters. The Bertz CT molecular complexity index is 714. The number of carbonyl (C=O) groups is 1. The summed E-state index contributed by atoms with van der Waals surface area (Å²) in [4.78, 5) is 12.6. The number of aryl methyl sites for hydroxylation is 1. The number of aromatic nitrogens is 2. The van der Waals surface area contributed by atoms with Crippen LogP contribution < -0.4 is 20.1 Å². The van der Waals surface area contributed by atoms with E-state index in [1.165, 1.54) is 0 Å². The van der Waals surface area contributed by atoms with Crippen molar-refractivity contribution in [3.63, 3.8) is 0 Å². The Morgan fingerprint density at radius 3 is 2.56 bits per heavy atom. The van der Waals surface area contributed by atoms with E-state index in [0.29, 0.717) is 17.9 Å². The zero-order valence-electron chi connectivity index (χ0n) is 15.4. The summed E-state index contributed by atoms with van der Waals surface area (Å²) in [6.07, 6.45) is 4.22. The van der Waals surface area contributed by atoms with E-state index in [4.69, 9.17) is 9.47 Å². The predicted molar refractivity (Wildman–Crippen MR) is 95.9 cm³/mol. The molecule has 2 rings (SSSR count). The van der Waals surface area contributed by atoms with E-state index in [9.17, 15) is 4.79 Å². The maximum Gasteiger partial charge on any atom is 0.242 e. The number of benzene rings is 1. The smallest absolute Gasteiger partial charge is 0.242 e. The molecule has 2 atom stereocenters. The van der Waals surface area contributed by atoms with Crippen molar-refractivity contribution in [2.75, 3.05) is 21.3 Å². The molecule has 2 aromatic rings. The van der Waals surface area contributed by atoms with Crippen LogP contribution in [-0.2, 0) is 18.3 Å². The second-order valence-corrected chi connectivity index (χ2v) is 5.97. The second-order valence-electron chi connectivity index (χ2n) is 5.97. The molecule has 1 aromatic heterocycles. The second kappa shape index (κ2) is 8.53. The molecule has 0 aliphatic carbocycles. The quantitative estimate of drug-likeness (QED) is 0.756. The molecule has 0 saturated heterocycles. The molecule has 0 fully saturated rings. The number of rotatable bonds is 8. The Labute approximate surface area is 148 Å². The molecule has 0 aliphatic heterocycles. The highest BCUT2D eigenvalue weighted by molar-refractivity contribution is 5.83. The Kier molecular flexibility index (Phi) is 6.41. The fourth-order valence-electron chi connectivity index (χ4n) is 2.78. The van der Waals surface area contributed by atoms with Gasteiger partial charge >= 0.3 is 0 Å². The number of ether oxygens (including phenoxy) is 2. The molecular weight excluding hydrogens is 320 g/mol. The van der Waals surface area contributed by atoms with E-state index in [1.54, 1.807) is 32.1 Å². The van der Waals surface area contributed by atoms with Crippen molar-refractivity contribution in [3.8, 4) is 11.5 Å². The standard InChI is InChI=1S/C18H26N4O3/c1-12(8-13-6-7-15(24-4)16(9-13)25-5)21-18(23)17(19-2)14-10-20-22(3)11-14/h6-7,9-12,17,19H,8H2,1-5H3,(H,21,23). The SMILES string of the molecule is CNC(C(=O)NC(C)Cc1ccc(OC)c(OC)c1)c1cnn(C)c1. The maximum atomic E-state index is 12.6. The van der Waals surface area contributed by atoms with Gasteiger partial charge in [0.05, 0.1) is 20.4 Å². The first-order valence-electron chi connectivity index (χ1n) is 8.15. The Balaban J connectivity index is 2.01. The largest absolute Gasteiger partial charge is 0.493 e. The Morgan fingerprint density at radius 1 is 1.28 bits per heavy atom. The van der Waals surface area contributed by atoms with Crippen molar-refractivity contribution < 1.29 is 14.3 Å². The monoisotopic (exact) mass is 346 g/mol. The highest BCUT2D eigenvalue weighted by atomic mass is 16.5. The van der Waals surface area contributed by atoms with Gasteiger partial charge in [-0.15, -0.1) is 0 Å². The van der Waals surface area contributed by atoms with E-state index in [-0.39, 0.29) is 11.9 Å². The number of nitrogens with zero attached hydrogens (tertiary/aromatic N) is 2. The van der Waals surface area contributed by atoms with E-state index in [2.05, 4.69) is 15.7 Å². The summed E-state index contributed by atoms with van der Waals surface area (Å²) in [5.41, 5.74) is 1.90. The first kappa shape index (κ1) is 18.8. The molecule has 2 N–H and O–H groups in total. The molecular formula is C18H26N4O3. The molecule has 7 nitrogen and oxygen atoms in total. The summed E-state index contributed by atoms with van der Waals surface area (Å²) in [6, 6.07) is 5.31. The zero-order chi connectivity index (χ0) is 18.4. The Hall–Kier alpha value is -2.54. The third-order valence-electron chi connectivity index (χ3n) is 3.99. The van der Waals surface area contributed by atoms with E-state index in [0.717, 1.165) is 11.1 Å². The summed E-state index contributed by atoms with van der Waals surface area (Å²) in [5, 5.41) is 10.2. The topological polar surface area (TPSA) is 77.4 Å². The number of methoxy groups -OCH3 is 2. The van der Waals surface area contributed by atoms with Gasteiger partial charge in [-0.05, 0) is 38.1 Å².